The van der Waals surface area contributed by atoms with Gasteiger partial charge in [0.15, 0.2) is 0 Å². The van der Waals surface area contributed by atoms with Crippen LogP contribution >= 0.6 is 15.9 Å². The average Bonchev–Trinajstić information content (AvgIpc) is 2.07. The van der Waals surface area contributed by atoms with Crippen LogP contribution in [0.5, 0.6) is 0 Å². The molecule has 1 N–H and O–H groups in total. The van der Waals surface area contributed by atoms with Gasteiger partial charge in [-0.3, -0.25) is 5.41 Å². The van der Waals surface area contributed by atoms with Crippen LogP contribution in [0.3, 0.4) is 0 Å². The summed E-state index contributed by atoms with van der Waals surface area (Å²) >= 11 is 2.96. The summed E-state index contributed by atoms with van der Waals surface area (Å²) in [5.74, 6) is -0.547. The van der Waals surface area contributed by atoms with Gasteiger partial charge in [0.1, 0.15) is 5.71 Å². The Bertz CT molecular complexity index is 126. The van der Waals surface area contributed by atoms with Gasteiger partial charge in [0.05, 0.1) is 11.9 Å². The van der Waals surface area contributed by atoms with Gasteiger partial charge < -0.3 is 4.74 Å². The summed E-state index contributed by atoms with van der Waals surface area (Å²) in [4.78, 5) is 10.5. The van der Waals surface area contributed by atoms with E-state index in [4.69, 9.17) is 5.41 Å². The minimum absolute atomic E-state index is 0.0446. The number of ether oxygens (including phenoxy) is 1. The predicted molar refractivity (Wildman–Crippen MR) is 49.5 cm³/mol. The highest BCUT2D eigenvalue weighted by atomic mass is 79.9. The van der Waals surface area contributed by atoms with E-state index < -0.39 is 5.97 Å². The zero-order chi connectivity index (χ0) is 9.28. The van der Waals surface area contributed by atoms with E-state index in [1.807, 2.05) is 13.8 Å². The van der Waals surface area contributed by atoms with Crippen LogP contribution in [0.15, 0.2) is 0 Å². The number of rotatable bonds is 3. The monoisotopic (exact) mass is 223 g/mol. The standard InChI is InChI=1S/C5H8BrNO2.C2H6/c1-2-9-5(8)4(7)3-6;1-2/h7H,2-3H2,1H3;1-2H3. The Morgan fingerprint density at radius 2 is 2.00 bits per heavy atom. The largest absolute Gasteiger partial charge is 0.462 e. The molecule has 0 aromatic carbocycles. The van der Waals surface area contributed by atoms with Crippen molar-refractivity contribution >= 4 is 27.6 Å². The third-order valence-corrected chi connectivity index (χ3v) is 1.22. The second-order valence-corrected chi connectivity index (χ2v) is 1.89. The van der Waals surface area contributed by atoms with Crippen molar-refractivity contribution in [3.8, 4) is 0 Å². The highest BCUT2D eigenvalue weighted by Crippen LogP contribution is 1.86. The summed E-state index contributed by atoms with van der Waals surface area (Å²) in [5.41, 5.74) is -0.0446. The molecule has 3 nitrogen and oxygen atoms in total. The highest BCUT2D eigenvalue weighted by Gasteiger charge is 2.06. The van der Waals surface area contributed by atoms with Gasteiger partial charge in [-0.1, -0.05) is 29.8 Å². The molecule has 0 saturated carbocycles. The van der Waals surface area contributed by atoms with Crippen molar-refractivity contribution in [3.05, 3.63) is 0 Å². The van der Waals surface area contributed by atoms with Crippen LogP contribution in [0.25, 0.3) is 0 Å². The maximum absolute atomic E-state index is 10.5. The molecule has 0 rings (SSSR count). The van der Waals surface area contributed by atoms with Crippen LogP contribution in [-0.2, 0) is 9.53 Å². The summed E-state index contributed by atoms with van der Waals surface area (Å²) in [6, 6.07) is 0. The lowest BCUT2D eigenvalue weighted by molar-refractivity contribution is -0.135. The molecule has 0 aliphatic rings. The molecular formula is C7H14BrNO2. The molecule has 0 atom stereocenters. The van der Waals surface area contributed by atoms with Crippen molar-refractivity contribution in [2.24, 2.45) is 0 Å². The van der Waals surface area contributed by atoms with Gasteiger partial charge in [-0.25, -0.2) is 4.79 Å². The molecule has 4 heteroatoms. The van der Waals surface area contributed by atoms with E-state index in [0.29, 0.717) is 6.61 Å². The third-order valence-electron chi connectivity index (χ3n) is 0.655. The second kappa shape index (κ2) is 9.62. The van der Waals surface area contributed by atoms with Gasteiger partial charge in [-0.2, -0.15) is 0 Å². The number of hydrogen-bond donors (Lipinski definition) is 1. The van der Waals surface area contributed by atoms with Crippen LogP contribution in [0, 0.1) is 5.41 Å². The summed E-state index contributed by atoms with van der Waals surface area (Å²) in [5, 5.41) is 7.18. The molecule has 66 valence electrons. The molecule has 0 heterocycles. The molecule has 0 aliphatic heterocycles. The zero-order valence-electron chi connectivity index (χ0n) is 7.11. The summed E-state index contributed by atoms with van der Waals surface area (Å²) in [6.07, 6.45) is 0. The fourth-order valence-electron chi connectivity index (χ4n) is 0.273. The molecule has 0 radical (unpaired) electrons. The number of esters is 1. The topological polar surface area (TPSA) is 50.2 Å². The van der Waals surface area contributed by atoms with Crippen LogP contribution < -0.4 is 0 Å². The molecule has 11 heavy (non-hydrogen) atoms. The number of carbonyl (C=O) groups excluding carboxylic acids is 1. The SMILES string of the molecule is CC.CCOC(=O)C(=N)CBr. The van der Waals surface area contributed by atoms with Crippen molar-refractivity contribution in [2.75, 3.05) is 11.9 Å². The zero-order valence-corrected chi connectivity index (χ0v) is 8.69. The fourth-order valence-corrected chi connectivity index (χ4v) is 0.502. The molecular weight excluding hydrogens is 210 g/mol. The first kappa shape index (κ1) is 13.2. The molecule has 0 fully saturated rings. The van der Waals surface area contributed by atoms with Crippen LogP contribution in [0.2, 0.25) is 0 Å². The Morgan fingerprint density at radius 1 is 1.55 bits per heavy atom. The van der Waals surface area contributed by atoms with E-state index >= 15 is 0 Å². The number of hydrogen-bond acceptors (Lipinski definition) is 3. The lowest BCUT2D eigenvalue weighted by atomic mass is 10.4. The Kier molecular flexibility index (Phi) is 11.6. The molecule has 0 bridgehead atoms. The molecule has 0 aromatic rings. The number of alkyl halides is 1. The average molecular weight is 224 g/mol. The van der Waals surface area contributed by atoms with Gasteiger partial charge in [0.25, 0.3) is 0 Å². The van der Waals surface area contributed by atoms with Crippen LogP contribution in [0.4, 0.5) is 0 Å². The minimum atomic E-state index is -0.547. The lowest BCUT2D eigenvalue weighted by Gasteiger charge is -1.97. The Hall–Kier alpha value is -0.380. The Labute approximate surface area is 75.8 Å². The quantitative estimate of drug-likeness (QED) is 0.452. The molecule has 0 saturated heterocycles. The summed E-state index contributed by atoms with van der Waals surface area (Å²) < 4.78 is 4.50. The lowest BCUT2D eigenvalue weighted by Crippen LogP contribution is -2.17. The third kappa shape index (κ3) is 7.52. The van der Waals surface area contributed by atoms with E-state index in [0.717, 1.165) is 0 Å². The predicted octanol–water partition coefficient (Wildman–Crippen LogP) is 1.99. The first-order valence-electron chi connectivity index (χ1n) is 3.52. The maximum Gasteiger partial charge on any atom is 0.352 e. The van der Waals surface area contributed by atoms with Crippen molar-refractivity contribution in [1.82, 2.24) is 0 Å². The first-order chi connectivity index (χ1) is 5.22. The molecule has 0 unspecified atom stereocenters. The number of nitrogens with one attached hydrogen (secondary N) is 1. The minimum Gasteiger partial charge on any atom is -0.462 e. The van der Waals surface area contributed by atoms with E-state index in [1.54, 1.807) is 6.92 Å². The Balaban J connectivity index is 0. The molecule has 0 spiro atoms. The van der Waals surface area contributed by atoms with Gasteiger partial charge >= 0.3 is 5.97 Å². The Morgan fingerprint density at radius 3 is 2.27 bits per heavy atom. The summed E-state index contributed by atoms with van der Waals surface area (Å²) in [7, 11) is 0. The van der Waals surface area contributed by atoms with Gasteiger partial charge in [0, 0.05) is 0 Å². The fraction of sp³-hybridized carbons (Fsp3) is 0.714. The van der Waals surface area contributed by atoms with E-state index in [1.165, 1.54) is 0 Å². The van der Waals surface area contributed by atoms with Crippen LogP contribution in [0.1, 0.15) is 20.8 Å². The number of halogens is 1. The summed E-state index contributed by atoms with van der Waals surface area (Å²) in [6.45, 7) is 6.04. The second-order valence-electron chi connectivity index (χ2n) is 1.33. The van der Waals surface area contributed by atoms with E-state index in [-0.39, 0.29) is 11.0 Å². The van der Waals surface area contributed by atoms with Crippen molar-refractivity contribution < 1.29 is 9.53 Å². The maximum atomic E-state index is 10.5. The molecule has 0 aliphatic carbocycles. The molecule has 0 aromatic heterocycles. The van der Waals surface area contributed by atoms with Crippen molar-refractivity contribution in [1.29, 1.82) is 5.41 Å². The van der Waals surface area contributed by atoms with E-state index in [9.17, 15) is 4.79 Å². The smallest absolute Gasteiger partial charge is 0.352 e. The highest BCUT2D eigenvalue weighted by molar-refractivity contribution is 9.09. The van der Waals surface area contributed by atoms with Gasteiger partial charge in [-0.15, -0.1) is 0 Å². The van der Waals surface area contributed by atoms with Crippen LogP contribution in [-0.4, -0.2) is 23.6 Å². The van der Waals surface area contributed by atoms with Crippen molar-refractivity contribution in [3.63, 3.8) is 0 Å². The van der Waals surface area contributed by atoms with Gasteiger partial charge in [0.2, 0.25) is 0 Å². The van der Waals surface area contributed by atoms with E-state index in [2.05, 4.69) is 20.7 Å². The first-order valence-corrected chi connectivity index (χ1v) is 4.65. The van der Waals surface area contributed by atoms with Crippen molar-refractivity contribution in [2.45, 2.75) is 20.8 Å². The normalized spacial score (nSPS) is 7.64. The molecule has 0 amide bonds. The number of carbonyl (C=O) groups is 1. The van der Waals surface area contributed by atoms with Gasteiger partial charge in [-0.05, 0) is 6.92 Å².